The van der Waals surface area contributed by atoms with Gasteiger partial charge in [0.1, 0.15) is 5.75 Å². The lowest BCUT2D eigenvalue weighted by Gasteiger charge is -2.12. The Balaban J connectivity index is 2.49. The Morgan fingerprint density at radius 1 is 1.27 bits per heavy atom. The molecule has 0 spiro atoms. The summed E-state index contributed by atoms with van der Waals surface area (Å²) in [5.41, 5.74) is 5.22. The van der Waals surface area contributed by atoms with E-state index in [1.807, 2.05) is 0 Å². The summed E-state index contributed by atoms with van der Waals surface area (Å²) in [5, 5.41) is 1.79. The highest BCUT2D eigenvalue weighted by molar-refractivity contribution is 5.96. The molecule has 1 aromatic carbocycles. The Kier molecular flexibility index (Phi) is 6.06. The van der Waals surface area contributed by atoms with Crippen molar-refractivity contribution < 1.29 is 28.7 Å². The van der Waals surface area contributed by atoms with E-state index in [0.717, 1.165) is 0 Å². The van der Waals surface area contributed by atoms with Gasteiger partial charge in [-0.15, -0.1) is 0 Å². The van der Waals surface area contributed by atoms with E-state index < -0.39 is 30.6 Å². The minimum atomic E-state index is -1.19. The number of carbonyl (C=O) groups excluding carboxylic acids is 4. The highest BCUT2D eigenvalue weighted by Crippen LogP contribution is 2.13. The molecule has 0 aliphatic heterocycles. The number of amides is 3. The number of imide groups is 1. The molecule has 0 unspecified atom stereocenters. The fourth-order valence-corrected chi connectivity index (χ4v) is 1.45. The molecular weight excluding hydrogens is 292 g/mol. The van der Waals surface area contributed by atoms with Gasteiger partial charge in [-0.05, 0) is 26.0 Å². The molecule has 0 radical (unpaired) electrons. The Morgan fingerprint density at radius 2 is 1.95 bits per heavy atom. The zero-order valence-corrected chi connectivity index (χ0v) is 12.1. The van der Waals surface area contributed by atoms with Gasteiger partial charge < -0.3 is 15.2 Å². The monoisotopic (exact) mass is 308 g/mol. The molecule has 0 saturated heterocycles. The van der Waals surface area contributed by atoms with Crippen molar-refractivity contribution in [3.8, 4) is 5.75 Å². The van der Waals surface area contributed by atoms with Crippen LogP contribution in [0.15, 0.2) is 24.3 Å². The number of carbonyl (C=O) groups is 4. The Bertz CT molecular complexity index is 599. The molecule has 8 nitrogen and oxygen atoms in total. The summed E-state index contributed by atoms with van der Waals surface area (Å²) >= 11 is 0. The largest absolute Gasteiger partial charge is 0.482 e. The van der Waals surface area contributed by atoms with Gasteiger partial charge in [0.15, 0.2) is 18.5 Å². The molecule has 8 heteroatoms. The number of primary amides is 1. The molecule has 22 heavy (non-hydrogen) atoms. The number of Topliss-reactive ketones (excluding diaryl/α,β-unsaturated/α-hetero) is 1. The fourth-order valence-electron chi connectivity index (χ4n) is 1.45. The van der Waals surface area contributed by atoms with Crippen LogP contribution >= 0.6 is 0 Å². The summed E-state index contributed by atoms with van der Waals surface area (Å²) in [7, 11) is 0. The van der Waals surface area contributed by atoms with Crippen LogP contribution in [0.1, 0.15) is 24.2 Å². The molecule has 1 atom stereocenters. The molecular formula is C14H16N2O6. The van der Waals surface area contributed by atoms with Crippen LogP contribution in [-0.4, -0.2) is 36.4 Å². The SMILES string of the molecule is CC(=O)c1cccc(OCC(=O)O[C@@H](C)C(=O)NC(N)=O)c1. The molecule has 0 aliphatic carbocycles. The zero-order valence-electron chi connectivity index (χ0n) is 12.1. The van der Waals surface area contributed by atoms with Crippen LogP contribution in [-0.2, 0) is 14.3 Å². The first-order valence-electron chi connectivity index (χ1n) is 6.33. The van der Waals surface area contributed by atoms with Crippen molar-refractivity contribution in [1.29, 1.82) is 0 Å². The quantitative estimate of drug-likeness (QED) is 0.578. The molecule has 0 bridgehead atoms. The van der Waals surface area contributed by atoms with Gasteiger partial charge in [0.25, 0.3) is 5.91 Å². The van der Waals surface area contributed by atoms with Gasteiger partial charge in [0.05, 0.1) is 0 Å². The number of hydrogen-bond donors (Lipinski definition) is 2. The molecule has 3 N–H and O–H groups in total. The minimum absolute atomic E-state index is 0.134. The number of nitrogens with one attached hydrogen (secondary N) is 1. The van der Waals surface area contributed by atoms with Gasteiger partial charge in [-0.2, -0.15) is 0 Å². The number of ketones is 1. The van der Waals surface area contributed by atoms with E-state index in [4.69, 9.17) is 15.2 Å². The molecule has 0 saturated carbocycles. The summed E-state index contributed by atoms with van der Waals surface area (Å²) in [6.07, 6.45) is -1.19. The molecule has 0 heterocycles. The third-order valence-corrected chi connectivity index (χ3v) is 2.52. The number of nitrogens with two attached hydrogens (primary N) is 1. The van der Waals surface area contributed by atoms with E-state index in [0.29, 0.717) is 11.3 Å². The van der Waals surface area contributed by atoms with Crippen LogP contribution in [0.5, 0.6) is 5.75 Å². The van der Waals surface area contributed by atoms with E-state index in [-0.39, 0.29) is 5.78 Å². The van der Waals surface area contributed by atoms with E-state index in [1.165, 1.54) is 19.9 Å². The van der Waals surface area contributed by atoms with Crippen molar-refractivity contribution in [2.75, 3.05) is 6.61 Å². The van der Waals surface area contributed by atoms with Crippen molar-refractivity contribution in [2.45, 2.75) is 20.0 Å². The van der Waals surface area contributed by atoms with Crippen LogP contribution in [0.2, 0.25) is 0 Å². The second-order valence-electron chi connectivity index (χ2n) is 4.36. The number of rotatable bonds is 6. The molecule has 3 amide bonds. The number of esters is 1. The van der Waals surface area contributed by atoms with Crippen LogP contribution < -0.4 is 15.8 Å². The molecule has 1 rings (SSSR count). The summed E-state index contributed by atoms with van der Waals surface area (Å²) in [4.78, 5) is 44.6. The van der Waals surface area contributed by atoms with Crippen LogP contribution in [0, 0.1) is 0 Å². The summed E-state index contributed by atoms with van der Waals surface area (Å²) in [5.74, 6) is -1.46. The number of urea groups is 1. The van der Waals surface area contributed by atoms with Gasteiger partial charge in [0, 0.05) is 5.56 Å². The summed E-state index contributed by atoms with van der Waals surface area (Å²) in [6.45, 7) is 2.24. The number of hydrogen-bond acceptors (Lipinski definition) is 6. The lowest BCUT2D eigenvalue weighted by Crippen LogP contribution is -2.42. The van der Waals surface area contributed by atoms with E-state index in [2.05, 4.69) is 0 Å². The van der Waals surface area contributed by atoms with Crippen molar-refractivity contribution in [3.05, 3.63) is 29.8 Å². The van der Waals surface area contributed by atoms with E-state index in [1.54, 1.807) is 23.5 Å². The molecule has 118 valence electrons. The standard InChI is InChI=1S/C14H16N2O6/c1-8(17)10-4-3-5-11(6-10)21-7-12(18)22-9(2)13(19)16-14(15)20/h3-6,9H,7H2,1-2H3,(H3,15,16,19,20)/t9-/m0/s1. The van der Waals surface area contributed by atoms with Gasteiger partial charge in [-0.25, -0.2) is 9.59 Å². The van der Waals surface area contributed by atoms with E-state index >= 15 is 0 Å². The average Bonchev–Trinajstić information content (AvgIpc) is 2.44. The second kappa shape index (κ2) is 7.77. The lowest BCUT2D eigenvalue weighted by molar-refractivity contribution is -0.156. The maximum absolute atomic E-state index is 11.5. The lowest BCUT2D eigenvalue weighted by atomic mass is 10.1. The Hall–Kier alpha value is -2.90. The summed E-state index contributed by atoms with van der Waals surface area (Å²) < 4.78 is 9.93. The normalized spacial score (nSPS) is 11.2. The highest BCUT2D eigenvalue weighted by atomic mass is 16.6. The molecule has 0 fully saturated rings. The predicted octanol–water partition coefficient (Wildman–Crippen LogP) is 0.395. The van der Waals surface area contributed by atoms with Gasteiger partial charge >= 0.3 is 12.0 Å². The van der Waals surface area contributed by atoms with Crippen LogP contribution in [0.3, 0.4) is 0 Å². The van der Waals surface area contributed by atoms with E-state index in [9.17, 15) is 19.2 Å². The van der Waals surface area contributed by atoms with Gasteiger partial charge in [0.2, 0.25) is 0 Å². The number of ether oxygens (including phenoxy) is 2. The smallest absolute Gasteiger partial charge is 0.344 e. The third kappa shape index (κ3) is 5.61. The molecule has 1 aromatic rings. The summed E-state index contributed by atoms with van der Waals surface area (Å²) in [6, 6.07) is 5.25. The molecule has 0 aromatic heterocycles. The first-order chi connectivity index (χ1) is 10.3. The van der Waals surface area contributed by atoms with Crippen molar-refractivity contribution in [3.63, 3.8) is 0 Å². The van der Waals surface area contributed by atoms with Crippen molar-refractivity contribution in [2.24, 2.45) is 5.73 Å². The van der Waals surface area contributed by atoms with Gasteiger partial charge in [-0.3, -0.25) is 14.9 Å². The van der Waals surface area contributed by atoms with Crippen LogP contribution in [0.4, 0.5) is 4.79 Å². The fraction of sp³-hybridized carbons (Fsp3) is 0.286. The zero-order chi connectivity index (χ0) is 16.7. The first kappa shape index (κ1) is 17.2. The Morgan fingerprint density at radius 3 is 2.55 bits per heavy atom. The Labute approximate surface area is 126 Å². The average molecular weight is 308 g/mol. The van der Waals surface area contributed by atoms with Crippen molar-refractivity contribution >= 4 is 23.7 Å². The first-order valence-corrected chi connectivity index (χ1v) is 6.33. The third-order valence-electron chi connectivity index (χ3n) is 2.52. The highest BCUT2D eigenvalue weighted by Gasteiger charge is 2.19. The topological polar surface area (TPSA) is 125 Å². The van der Waals surface area contributed by atoms with Crippen molar-refractivity contribution in [1.82, 2.24) is 5.32 Å². The van der Waals surface area contributed by atoms with Crippen LogP contribution in [0.25, 0.3) is 0 Å². The van der Waals surface area contributed by atoms with Gasteiger partial charge in [-0.1, -0.05) is 12.1 Å². The maximum Gasteiger partial charge on any atom is 0.344 e. The second-order valence-corrected chi connectivity index (χ2v) is 4.36. The predicted molar refractivity (Wildman–Crippen MR) is 75.2 cm³/mol. The maximum atomic E-state index is 11.5. The minimum Gasteiger partial charge on any atom is -0.482 e. The molecule has 0 aliphatic rings. The number of benzene rings is 1.